The third-order valence-electron chi connectivity index (χ3n) is 4.62. The van der Waals surface area contributed by atoms with Gasteiger partial charge in [-0.1, -0.05) is 29.6 Å². The molecule has 4 rings (SSSR count). The minimum Gasteiger partial charge on any atom is -0.503 e. The van der Waals surface area contributed by atoms with Crippen molar-refractivity contribution in [2.45, 2.75) is 18.4 Å². The summed E-state index contributed by atoms with van der Waals surface area (Å²) in [5.74, 6) is 0.233. The Morgan fingerprint density at radius 1 is 1.17 bits per heavy atom. The SMILES string of the molecule is CC[n+]1c(N=c2c(O)cccn2C)sc(C=C=C2Sc3ccccc3N2C)c1O. The molecule has 1 aliphatic heterocycles. The molecular weight excluding hydrogens is 404 g/mol. The van der Waals surface area contributed by atoms with Crippen molar-refractivity contribution in [2.75, 3.05) is 11.9 Å². The van der Waals surface area contributed by atoms with Crippen LogP contribution in [0.25, 0.3) is 6.08 Å². The van der Waals surface area contributed by atoms with Crippen molar-refractivity contribution in [1.29, 1.82) is 0 Å². The number of rotatable bonds is 3. The highest BCUT2D eigenvalue weighted by atomic mass is 32.2. The number of pyridine rings is 1. The summed E-state index contributed by atoms with van der Waals surface area (Å²) in [6, 6.07) is 11.6. The molecule has 0 atom stereocenters. The number of aryl methyl sites for hydroxylation is 1. The molecule has 3 aromatic rings. The molecule has 0 bridgehead atoms. The molecule has 0 fully saturated rings. The quantitative estimate of drug-likeness (QED) is 0.496. The number of thiazole rings is 1. The van der Waals surface area contributed by atoms with E-state index in [2.05, 4.69) is 27.8 Å². The summed E-state index contributed by atoms with van der Waals surface area (Å²) in [6.45, 7) is 2.50. The molecule has 0 saturated carbocycles. The van der Waals surface area contributed by atoms with Gasteiger partial charge in [0.1, 0.15) is 9.91 Å². The van der Waals surface area contributed by atoms with Crippen molar-refractivity contribution < 1.29 is 14.8 Å². The normalized spacial score (nSPS) is 13.6. The van der Waals surface area contributed by atoms with Gasteiger partial charge in [0.15, 0.2) is 5.75 Å². The number of aromatic nitrogens is 2. The van der Waals surface area contributed by atoms with Crippen LogP contribution in [0, 0.1) is 0 Å². The number of hydrogen-bond acceptors (Lipinski definition) is 6. The predicted molar refractivity (Wildman–Crippen MR) is 116 cm³/mol. The fourth-order valence-electron chi connectivity index (χ4n) is 3.06. The zero-order chi connectivity index (χ0) is 20.5. The van der Waals surface area contributed by atoms with E-state index in [9.17, 15) is 10.2 Å². The lowest BCUT2D eigenvalue weighted by atomic mass is 10.3. The Morgan fingerprint density at radius 2 is 1.97 bits per heavy atom. The number of hydrogen-bond donors (Lipinski definition) is 2. The lowest BCUT2D eigenvalue weighted by Crippen LogP contribution is -2.31. The maximum Gasteiger partial charge on any atom is 0.388 e. The van der Waals surface area contributed by atoms with E-state index >= 15 is 0 Å². The number of thioether (sulfide) groups is 1. The molecule has 3 heterocycles. The van der Waals surface area contributed by atoms with E-state index in [1.165, 1.54) is 16.2 Å². The van der Waals surface area contributed by atoms with Gasteiger partial charge in [-0.2, -0.15) is 4.57 Å². The fourth-order valence-corrected chi connectivity index (χ4v) is 5.05. The van der Waals surface area contributed by atoms with Crippen LogP contribution in [0.15, 0.2) is 63.2 Å². The molecule has 0 amide bonds. The zero-order valence-electron chi connectivity index (χ0n) is 16.3. The summed E-state index contributed by atoms with van der Waals surface area (Å²) in [7, 11) is 3.83. The lowest BCUT2D eigenvalue weighted by molar-refractivity contribution is -0.682. The van der Waals surface area contributed by atoms with E-state index in [1.807, 2.05) is 39.3 Å². The third-order valence-corrected chi connectivity index (χ3v) is 6.78. The first-order valence-corrected chi connectivity index (χ1v) is 10.7. The first-order valence-electron chi connectivity index (χ1n) is 9.11. The minimum atomic E-state index is 0.0893. The molecule has 0 saturated heterocycles. The monoisotopic (exact) mass is 425 g/mol. The van der Waals surface area contributed by atoms with Crippen molar-refractivity contribution in [3.63, 3.8) is 0 Å². The fraction of sp³-hybridized carbons (Fsp3) is 0.190. The summed E-state index contributed by atoms with van der Waals surface area (Å²) >= 11 is 3.00. The van der Waals surface area contributed by atoms with Crippen molar-refractivity contribution >= 4 is 40.0 Å². The van der Waals surface area contributed by atoms with Gasteiger partial charge in [0.25, 0.3) is 5.49 Å². The summed E-state index contributed by atoms with van der Waals surface area (Å²) < 4.78 is 3.46. The van der Waals surface area contributed by atoms with Gasteiger partial charge in [-0.15, -0.1) is 0 Å². The van der Waals surface area contributed by atoms with E-state index in [0.29, 0.717) is 22.0 Å². The van der Waals surface area contributed by atoms with E-state index in [-0.39, 0.29) is 11.6 Å². The first kappa shape index (κ1) is 19.4. The molecular formula is C21H21N4O2S2+. The maximum absolute atomic E-state index is 10.7. The molecule has 2 N–H and O–H groups in total. The molecule has 0 spiro atoms. The smallest absolute Gasteiger partial charge is 0.388 e. The van der Waals surface area contributed by atoms with Crippen LogP contribution < -0.4 is 15.0 Å². The van der Waals surface area contributed by atoms with Crippen LogP contribution >= 0.6 is 23.1 Å². The summed E-state index contributed by atoms with van der Waals surface area (Å²) in [4.78, 5) is 8.52. The molecule has 0 unspecified atom stereocenters. The average molecular weight is 426 g/mol. The van der Waals surface area contributed by atoms with E-state index in [1.54, 1.807) is 39.1 Å². The summed E-state index contributed by atoms with van der Waals surface area (Å²) in [5.41, 5.74) is 4.89. The molecule has 0 radical (unpaired) electrons. The van der Waals surface area contributed by atoms with Gasteiger partial charge >= 0.3 is 11.0 Å². The van der Waals surface area contributed by atoms with Crippen molar-refractivity contribution in [2.24, 2.45) is 12.0 Å². The number of aromatic hydroxyl groups is 2. The van der Waals surface area contributed by atoms with Crippen molar-refractivity contribution in [3.8, 4) is 11.6 Å². The van der Waals surface area contributed by atoms with Crippen LogP contribution in [-0.4, -0.2) is 21.8 Å². The number of fused-ring (bicyclic) bond motifs is 1. The van der Waals surface area contributed by atoms with Gasteiger partial charge in [0.05, 0.1) is 12.2 Å². The Labute approximate surface area is 177 Å². The van der Waals surface area contributed by atoms with E-state index in [4.69, 9.17) is 0 Å². The molecule has 8 heteroatoms. The first-order chi connectivity index (χ1) is 14.0. The van der Waals surface area contributed by atoms with Gasteiger partial charge < -0.3 is 19.7 Å². The largest absolute Gasteiger partial charge is 0.503 e. The number of anilines is 1. The predicted octanol–water partition coefficient (Wildman–Crippen LogP) is 3.73. The number of para-hydroxylation sites is 1. The van der Waals surface area contributed by atoms with E-state index in [0.717, 1.165) is 10.7 Å². The van der Waals surface area contributed by atoms with Gasteiger partial charge in [-0.3, -0.25) is 0 Å². The minimum absolute atomic E-state index is 0.0893. The Kier molecular flexibility index (Phi) is 5.24. The average Bonchev–Trinajstić information content (AvgIpc) is 3.19. The Morgan fingerprint density at radius 3 is 2.69 bits per heavy atom. The number of benzene rings is 1. The second-order valence-corrected chi connectivity index (χ2v) is 8.52. The van der Waals surface area contributed by atoms with Gasteiger partial charge in [-0.05, 0) is 47.5 Å². The second kappa shape index (κ2) is 7.83. The maximum atomic E-state index is 10.7. The molecule has 0 aliphatic carbocycles. The molecule has 148 valence electrons. The van der Waals surface area contributed by atoms with Crippen LogP contribution in [0.3, 0.4) is 0 Å². The number of nitrogens with zero attached hydrogens (tertiary/aromatic N) is 4. The van der Waals surface area contributed by atoms with Crippen molar-refractivity contribution in [1.82, 2.24) is 4.57 Å². The molecule has 2 aromatic heterocycles. The van der Waals surface area contributed by atoms with Crippen LogP contribution in [0.4, 0.5) is 10.8 Å². The van der Waals surface area contributed by atoms with Gasteiger partial charge in [-0.25, -0.2) is 0 Å². The molecule has 6 nitrogen and oxygen atoms in total. The molecule has 29 heavy (non-hydrogen) atoms. The lowest BCUT2D eigenvalue weighted by Gasteiger charge is -2.10. The topological polar surface area (TPSA) is 64.9 Å². The molecule has 1 aromatic carbocycles. The molecule has 1 aliphatic rings. The highest BCUT2D eigenvalue weighted by molar-refractivity contribution is 8.03. The standard InChI is InChI=1S/C21H20N4O2S2/c1-4-25-20(27)17(29-21(25)22-19-15(26)9-7-13-23(19)2)11-12-18-24(3)14-8-5-6-10-16(14)28-18/h5-11,13H,4H2,1-3H3,(H-,26,27)/p+1. The second-order valence-electron chi connectivity index (χ2n) is 6.48. The van der Waals surface area contributed by atoms with Crippen molar-refractivity contribution in [3.05, 3.63) is 63.7 Å². The van der Waals surface area contributed by atoms with Crippen LogP contribution in [0.5, 0.6) is 11.6 Å². The third kappa shape index (κ3) is 3.58. The van der Waals surface area contributed by atoms with E-state index < -0.39 is 0 Å². The Bertz CT molecular complexity index is 1200. The summed E-state index contributed by atoms with van der Waals surface area (Å²) in [5, 5.41) is 22.4. The summed E-state index contributed by atoms with van der Waals surface area (Å²) in [6.07, 6.45) is 3.61. The highest BCUT2D eigenvalue weighted by Gasteiger charge is 2.24. The van der Waals surface area contributed by atoms with Crippen LogP contribution in [0.1, 0.15) is 11.8 Å². The Balaban J connectivity index is 1.77. The van der Waals surface area contributed by atoms with Gasteiger partial charge in [0, 0.05) is 31.3 Å². The van der Waals surface area contributed by atoms with Crippen LogP contribution in [-0.2, 0) is 13.6 Å². The zero-order valence-corrected chi connectivity index (χ0v) is 18.0. The van der Waals surface area contributed by atoms with Crippen LogP contribution in [0.2, 0.25) is 0 Å². The Hall–Kier alpha value is -2.93. The highest BCUT2D eigenvalue weighted by Crippen LogP contribution is 2.44. The van der Waals surface area contributed by atoms with Gasteiger partial charge in [0.2, 0.25) is 0 Å².